The lowest BCUT2D eigenvalue weighted by Gasteiger charge is -2.15. The Kier molecular flexibility index (Phi) is 6.99. The molecule has 2 heterocycles. The number of thiophene rings is 1. The van der Waals surface area contributed by atoms with Crippen molar-refractivity contribution in [2.75, 3.05) is 32.7 Å². The SMILES string of the molecule is CCNC(=NCC(=O)N1CCCC1)NCCc1ccc(Cl)s1. The minimum atomic E-state index is 0.111. The summed E-state index contributed by atoms with van der Waals surface area (Å²) in [6.07, 6.45) is 3.11. The Morgan fingerprint density at radius 2 is 2.14 bits per heavy atom. The van der Waals surface area contributed by atoms with Crippen LogP contribution in [0.1, 0.15) is 24.6 Å². The van der Waals surface area contributed by atoms with Gasteiger partial charge in [0, 0.05) is 31.1 Å². The summed E-state index contributed by atoms with van der Waals surface area (Å²) >= 11 is 7.51. The first-order chi connectivity index (χ1) is 10.7. The van der Waals surface area contributed by atoms with Crippen molar-refractivity contribution in [1.82, 2.24) is 15.5 Å². The fraction of sp³-hybridized carbons (Fsp3) is 0.600. The van der Waals surface area contributed by atoms with E-state index in [0.29, 0.717) is 5.96 Å². The third kappa shape index (κ3) is 5.50. The largest absolute Gasteiger partial charge is 0.357 e. The van der Waals surface area contributed by atoms with Crippen LogP contribution >= 0.6 is 22.9 Å². The van der Waals surface area contributed by atoms with Gasteiger partial charge in [-0.2, -0.15) is 0 Å². The summed E-state index contributed by atoms with van der Waals surface area (Å²) < 4.78 is 0.812. The predicted molar refractivity (Wildman–Crippen MR) is 92.8 cm³/mol. The lowest BCUT2D eigenvalue weighted by Crippen LogP contribution is -2.39. The molecule has 1 amide bonds. The molecule has 0 unspecified atom stereocenters. The number of amides is 1. The molecule has 22 heavy (non-hydrogen) atoms. The van der Waals surface area contributed by atoms with Gasteiger partial charge in [0.2, 0.25) is 5.91 Å². The molecule has 0 saturated carbocycles. The molecule has 1 aliphatic rings. The molecule has 0 radical (unpaired) electrons. The van der Waals surface area contributed by atoms with Gasteiger partial charge in [0.1, 0.15) is 6.54 Å². The average Bonchev–Trinajstić information content (AvgIpc) is 3.16. The number of nitrogens with one attached hydrogen (secondary N) is 2. The molecule has 1 aliphatic heterocycles. The maximum absolute atomic E-state index is 12.0. The first-order valence-corrected chi connectivity index (χ1v) is 8.92. The van der Waals surface area contributed by atoms with Crippen molar-refractivity contribution in [2.45, 2.75) is 26.2 Å². The van der Waals surface area contributed by atoms with Crippen LogP contribution in [0.25, 0.3) is 0 Å². The number of guanidine groups is 1. The zero-order valence-corrected chi connectivity index (χ0v) is 14.5. The summed E-state index contributed by atoms with van der Waals surface area (Å²) in [7, 11) is 0. The third-order valence-electron chi connectivity index (χ3n) is 3.47. The number of aliphatic imine (C=N–C) groups is 1. The second-order valence-corrected chi connectivity index (χ2v) is 6.97. The zero-order chi connectivity index (χ0) is 15.8. The van der Waals surface area contributed by atoms with Crippen molar-refractivity contribution in [3.63, 3.8) is 0 Å². The number of likely N-dealkylation sites (tertiary alicyclic amines) is 1. The second-order valence-electron chi connectivity index (χ2n) is 5.17. The molecule has 0 bridgehead atoms. The number of hydrogen-bond acceptors (Lipinski definition) is 3. The maximum Gasteiger partial charge on any atom is 0.244 e. The molecule has 2 N–H and O–H groups in total. The minimum absolute atomic E-state index is 0.111. The summed E-state index contributed by atoms with van der Waals surface area (Å²) in [6.45, 7) is 5.50. The van der Waals surface area contributed by atoms with Gasteiger partial charge < -0.3 is 15.5 Å². The lowest BCUT2D eigenvalue weighted by atomic mass is 10.3. The Hall–Kier alpha value is -1.27. The van der Waals surface area contributed by atoms with Crippen molar-refractivity contribution in [2.24, 2.45) is 4.99 Å². The van der Waals surface area contributed by atoms with Crippen LogP contribution in [0.2, 0.25) is 4.34 Å². The Morgan fingerprint density at radius 3 is 2.77 bits per heavy atom. The molecule has 5 nitrogen and oxygen atoms in total. The molecular formula is C15H23ClN4OS. The van der Waals surface area contributed by atoms with Crippen LogP contribution < -0.4 is 10.6 Å². The van der Waals surface area contributed by atoms with Gasteiger partial charge in [-0.3, -0.25) is 4.79 Å². The number of nitrogens with zero attached hydrogens (tertiary/aromatic N) is 2. The highest BCUT2D eigenvalue weighted by Crippen LogP contribution is 2.21. The fourth-order valence-corrected chi connectivity index (χ4v) is 3.43. The molecule has 1 saturated heterocycles. The number of rotatable bonds is 6. The van der Waals surface area contributed by atoms with Crippen LogP contribution in [0, 0.1) is 0 Å². The highest BCUT2D eigenvalue weighted by molar-refractivity contribution is 7.16. The smallest absolute Gasteiger partial charge is 0.244 e. The average molecular weight is 343 g/mol. The topological polar surface area (TPSA) is 56.7 Å². The lowest BCUT2D eigenvalue weighted by molar-refractivity contribution is -0.128. The van der Waals surface area contributed by atoms with E-state index in [2.05, 4.69) is 15.6 Å². The molecular weight excluding hydrogens is 320 g/mol. The van der Waals surface area contributed by atoms with Crippen molar-refractivity contribution in [3.05, 3.63) is 21.3 Å². The number of carbonyl (C=O) groups excluding carboxylic acids is 1. The molecule has 7 heteroatoms. The highest BCUT2D eigenvalue weighted by atomic mass is 35.5. The number of halogens is 1. The molecule has 1 aromatic rings. The van der Waals surface area contributed by atoms with Crippen LogP contribution in [0.15, 0.2) is 17.1 Å². The van der Waals surface area contributed by atoms with E-state index in [1.807, 2.05) is 24.0 Å². The highest BCUT2D eigenvalue weighted by Gasteiger charge is 2.17. The van der Waals surface area contributed by atoms with E-state index in [0.717, 1.165) is 49.8 Å². The maximum atomic E-state index is 12.0. The van der Waals surface area contributed by atoms with E-state index in [4.69, 9.17) is 11.6 Å². The Bertz CT molecular complexity index is 511. The molecule has 0 atom stereocenters. The molecule has 2 rings (SSSR count). The first-order valence-electron chi connectivity index (χ1n) is 7.73. The monoisotopic (exact) mass is 342 g/mol. The minimum Gasteiger partial charge on any atom is -0.357 e. The normalized spacial score (nSPS) is 15.2. The zero-order valence-electron chi connectivity index (χ0n) is 12.9. The molecule has 0 spiro atoms. The van der Waals surface area contributed by atoms with Gasteiger partial charge in [-0.05, 0) is 38.3 Å². The molecule has 0 aromatic carbocycles. The quantitative estimate of drug-likeness (QED) is 0.615. The predicted octanol–water partition coefficient (Wildman–Crippen LogP) is 2.12. The summed E-state index contributed by atoms with van der Waals surface area (Å²) in [6, 6.07) is 3.95. The van der Waals surface area contributed by atoms with E-state index < -0.39 is 0 Å². The van der Waals surface area contributed by atoms with Crippen LogP contribution in [0.3, 0.4) is 0 Å². The van der Waals surface area contributed by atoms with Crippen molar-refractivity contribution >= 4 is 34.8 Å². The van der Waals surface area contributed by atoms with Gasteiger partial charge >= 0.3 is 0 Å². The fourth-order valence-electron chi connectivity index (χ4n) is 2.35. The van der Waals surface area contributed by atoms with E-state index in [-0.39, 0.29) is 12.5 Å². The van der Waals surface area contributed by atoms with Crippen molar-refractivity contribution < 1.29 is 4.79 Å². The Labute approximate surface area is 140 Å². The van der Waals surface area contributed by atoms with Gasteiger partial charge in [0.25, 0.3) is 0 Å². The summed E-state index contributed by atoms with van der Waals surface area (Å²) in [4.78, 5) is 19.5. The van der Waals surface area contributed by atoms with Crippen LogP contribution in [0.4, 0.5) is 0 Å². The van der Waals surface area contributed by atoms with Crippen LogP contribution in [0.5, 0.6) is 0 Å². The first kappa shape index (κ1) is 17.1. The number of carbonyl (C=O) groups is 1. The Balaban J connectivity index is 1.77. The number of hydrogen-bond donors (Lipinski definition) is 2. The third-order valence-corrected chi connectivity index (χ3v) is 4.76. The van der Waals surface area contributed by atoms with Crippen molar-refractivity contribution in [1.29, 1.82) is 0 Å². The van der Waals surface area contributed by atoms with Gasteiger partial charge in [0.05, 0.1) is 4.34 Å². The van der Waals surface area contributed by atoms with E-state index in [1.54, 1.807) is 11.3 Å². The van der Waals surface area contributed by atoms with Crippen LogP contribution in [-0.2, 0) is 11.2 Å². The van der Waals surface area contributed by atoms with E-state index in [9.17, 15) is 4.79 Å². The molecule has 1 aromatic heterocycles. The van der Waals surface area contributed by atoms with Gasteiger partial charge in [-0.25, -0.2) is 4.99 Å². The van der Waals surface area contributed by atoms with Gasteiger partial charge in [-0.15, -0.1) is 11.3 Å². The molecule has 1 fully saturated rings. The molecule has 122 valence electrons. The summed E-state index contributed by atoms with van der Waals surface area (Å²) in [5.41, 5.74) is 0. The van der Waals surface area contributed by atoms with E-state index >= 15 is 0 Å². The standard InChI is InChI=1S/C15H23ClN4OS/c1-2-17-15(18-8-7-12-5-6-13(16)22-12)19-11-14(21)20-9-3-4-10-20/h5-6H,2-4,7-11H2,1H3,(H2,17,18,19). The van der Waals surface area contributed by atoms with Crippen LogP contribution in [-0.4, -0.2) is 49.5 Å². The molecule has 0 aliphatic carbocycles. The van der Waals surface area contributed by atoms with E-state index in [1.165, 1.54) is 4.88 Å². The second kappa shape index (κ2) is 9.00. The summed E-state index contributed by atoms with van der Waals surface area (Å²) in [5.74, 6) is 0.803. The van der Waals surface area contributed by atoms with Gasteiger partial charge in [0.15, 0.2) is 5.96 Å². The Morgan fingerprint density at radius 1 is 1.36 bits per heavy atom. The van der Waals surface area contributed by atoms with Crippen molar-refractivity contribution in [3.8, 4) is 0 Å². The summed E-state index contributed by atoms with van der Waals surface area (Å²) in [5, 5.41) is 6.42. The van der Waals surface area contributed by atoms with Gasteiger partial charge in [-0.1, -0.05) is 11.6 Å².